The van der Waals surface area contributed by atoms with Crippen LogP contribution in [0.2, 0.25) is 0 Å². The molecule has 1 unspecified atom stereocenters. The molecule has 1 aliphatic rings. The van der Waals surface area contributed by atoms with E-state index in [0.29, 0.717) is 5.41 Å². The van der Waals surface area contributed by atoms with Gasteiger partial charge in [0.15, 0.2) is 0 Å². The molecule has 0 amide bonds. The normalized spacial score (nSPS) is 22.2. The summed E-state index contributed by atoms with van der Waals surface area (Å²) >= 11 is 0. The monoisotopic (exact) mass is 170 g/mol. The molecule has 2 nitrogen and oxygen atoms in total. The Morgan fingerprint density at radius 2 is 2.17 bits per heavy atom. The van der Waals surface area contributed by atoms with Crippen LogP contribution < -0.4 is 11.1 Å². The van der Waals surface area contributed by atoms with Crippen molar-refractivity contribution >= 4 is 0 Å². The highest BCUT2D eigenvalue weighted by Gasteiger charge is 2.23. The fourth-order valence-corrected chi connectivity index (χ4v) is 1.24. The molecule has 0 aromatic carbocycles. The lowest BCUT2D eigenvalue weighted by Crippen LogP contribution is -2.38. The molecule has 1 saturated carbocycles. The van der Waals surface area contributed by atoms with Crippen molar-refractivity contribution in [2.24, 2.45) is 17.1 Å². The Hall–Kier alpha value is -0.0800. The highest BCUT2D eigenvalue weighted by molar-refractivity contribution is 4.80. The van der Waals surface area contributed by atoms with E-state index in [4.69, 9.17) is 5.73 Å². The van der Waals surface area contributed by atoms with E-state index >= 15 is 0 Å². The largest absolute Gasteiger partial charge is 0.330 e. The van der Waals surface area contributed by atoms with Gasteiger partial charge in [0.2, 0.25) is 0 Å². The van der Waals surface area contributed by atoms with Gasteiger partial charge in [-0.3, -0.25) is 0 Å². The van der Waals surface area contributed by atoms with Crippen LogP contribution in [0, 0.1) is 11.3 Å². The average Bonchev–Trinajstić information content (AvgIpc) is 2.88. The topological polar surface area (TPSA) is 38.0 Å². The van der Waals surface area contributed by atoms with E-state index in [1.165, 1.54) is 25.8 Å². The highest BCUT2D eigenvalue weighted by atomic mass is 14.9. The zero-order chi connectivity index (χ0) is 9.03. The minimum Gasteiger partial charge on any atom is -0.330 e. The summed E-state index contributed by atoms with van der Waals surface area (Å²) in [5, 5.41) is 3.51. The smallest absolute Gasteiger partial charge is 0.00173 e. The molecule has 1 fully saturated rings. The summed E-state index contributed by atoms with van der Waals surface area (Å²) in [4.78, 5) is 0. The maximum absolute atomic E-state index is 5.71. The van der Waals surface area contributed by atoms with Crippen molar-refractivity contribution < 1.29 is 0 Å². The molecule has 1 atom stereocenters. The lowest BCUT2D eigenvalue weighted by molar-refractivity contribution is 0.302. The minimum atomic E-state index is 0.314. The van der Waals surface area contributed by atoms with E-state index in [2.05, 4.69) is 19.2 Å². The standard InChI is InChI=1S/C10H22N2/c1-3-10(2,7-11)8-12-6-9-4-5-9/h9,12H,3-8,11H2,1-2H3. The Balaban J connectivity index is 2.08. The van der Waals surface area contributed by atoms with Crippen molar-refractivity contribution in [1.29, 1.82) is 0 Å². The third kappa shape index (κ3) is 3.11. The Kier molecular flexibility index (Phi) is 3.53. The quantitative estimate of drug-likeness (QED) is 0.631. The first-order valence-electron chi connectivity index (χ1n) is 5.11. The molecule has 0 bridgehead atoms. The molecule has 0 aromatic heterocycles. The molecule has 0 aromatic rings. The lowest BCUT2D eigenvalue weighted by Gasteiger charge is -2.26. The Bertz CT molecular complexity index is 126. The summed E-state index contributed by atoms with van der Waals surface area (Å²) in [5.41, 5.74) is 6.02. The Labute approximate surface area is 75.9 Å². The van der Waals surface area contributed by atoms with Gasteiger partial charge >= 0.3 is 0 Å². The molecule has 1 rings (SSSR count). The molecule has 0 aliphatic heterocycles. The molecule has 0 saturated heterocycles. The first-order chi connectivity index (χ1) is 5.70. The molecule has 12 heavy (non-hydrogen) atoms. The second kappa shape index (κ2) is 4.24. The molecule has 1 aliphatic carbocycles. The molecule has 0 spiro atoms. The molecule has 2 heteroatoms. The zero-order valence-electron chi connectivity index (χ0n) is 8.40. The van der Waals surface area contributed by atoms with Gasteiger partial charge in [0, 0.05) is 6.54 Å². The summed E-state index contributed by atoms with van der Waals surface area (Å²) in [7, 11) is 0. The predicted molar refractivity (Wildman–Crippen MR) is 53.0 cm³/mol. The van der Waals surface area contributed by atoms with Crippen LogP contribution in [0.5, 0.6) is 0 Å². The molecule has 72 valence electrons. The number of hydrogen-bond acceptors (Lipinski definition) is 2. The SMILES string of the molecule is CCC(C)(CN)CNCC1CC1. The van der Waals surface area contributed by atoms with E-state index in [0.717, 1.165) is 19.0 Å². The van der Waals surface area contributed by atoms with Gasteiger partial charge in [0.25, 0.3) is 0 Å². The Morgan fingerprint density at radius 3 is 2.58 bits per heavy atom. The number of nitrogens with two attached hydrogens (primary N) is 1. The van der Waals surface area contributed by atoms with Gasteiger partial charge < -0.3 is 11.1 Å². The average molecular weight is 170 g/mol. The van der Waals surface area contributed by atoms with Crippen molar-refractivity contribution in [1.82, 2.24) is 5.32 Å². The molecular weight excluding hydrogens is 148 g/mol. The molecule has 0 heterocycles. The molecule has 0 radical (unpaired) electrons. The number of rotatable bonds is 6. The van der Waals surface area contributed by atoms with Crippen LogP contribution in [0.1, 0.15) is 33.1 Å². The fraction of sp³-hybridized carbons (Fsp3) is 1.00. The van der Waals surface area contributed by atoms with Crippen LogP contribution in [-0.2, 0) is 0 Å². The van der Waals surface area contributed by atoms with Crippen molar-refractivity contribution in [2.75, 3.05) is 19.6 Å². The van der Waals surface area contributed by atoms with E-state index < -0.39 is 0 Å². The second-order valence-electron chi connectivity index (χ2n) is 4.44. The molecule has 3 N–H and O–H groups in total. The third-order valence-corrected chi connectivity index (χ3v) is 3.03. The van der Waals surface area contributed by atoms with Gasteiger partial charge in [0.05, 0.1) is 0 Å². The fourth-order valence-electron chi connectivity index (χ4n) is 1.24. The van der Waals surface area contributed by atoms with Crippen LogP contribution in [0.15, 0.2) is 0 Å². The van der Waals surface area contributed by atoms with E-state index in [1.54, 1.807) is 0 Å². The van der Waals surface area contributed by atoms with Crippen molar-refractivity contribution in [2.45, 2.75) is 33.1 Å². The van der Waals surface area contributed by atoms with Crippen LogP contribution in [-0.4, -0.2) is 19.6 Å². The summed E-state index contributed by atoms with van der Waals surface area (Å²) in [6, 6.07) is 0. The first-order valence-corrected chi connectivity index (χ1v) is 5.11. The summed E-state index contributed by atoms with van der Waals surface area (Å²) in [6.07, 6.45) is 4.03. The van der Waals surface area contributed by atoms with Crippen molar-refractivity contribution in [3.8, 4) is 0 Å². The van der Waals surface area contributed by atoms with Crippen molar-refractivity contribution in [3.63, 3.8) is 0 Å². The van der Waals surface area contributed by atoms with Crippen LogP contribution in [0.4, 0.5) is 0 Å². The Morgan fingerprint density at radius 1 is 1.50 bits per heavy atom. The minimum absolute atomic E-state index is 0.314. The zero-order valence-corrected chi connectivity index (χ0v) is 8.40. The number of hydrogen-bond donors (Lipinski definition) is 2. The van der Waals surface area contributed by atoms with E-state index in [1.807, 2.05) is 0 Å². The summed E-state index contributed by atoms with van der Waals surface area (Å²) in [5.74, 6) is 0.976. The summed E-state index contributed by atoms with van der Waals surface area (Å²) in [6.45, 7) is 7.55. The lowest BCUT2D eigenvalue weighted by atomic mass is 9.88. The maximum Gasteiger partial charge on any atom is 0.00173 e. The van der Waals surface area contributed by atoms with E-state index in [9.17, 15) is 0 Å². The predicted octanol–water partition coefficient (Wildman–Crippen LogP) is 1.36. The van der Waals surface area contributed by atoms with E-state index in [-0.39, 0.29) is 0 Å². The highest BCUT2D eigenvalue weighted by Crippen LogP contribution is 2.28. The van der Waals surface area contributed by atoms with Gasteiger partial charge in [-0.05, 0) is 43.7 Å². The van der Waals surface area contributed by atoms with Gasteiger partial charge in [-0.1, -0.05) is 13.8 Å². The summed E-state index contributed by atoms with van der Waals surface area (Å²) < 4.78 is 0. The maximum atomic E-state index is 5.71. The van der Waals surface area contributed by atoms with Gasteiger partial charge in [-0.2, -0.15) is 0 Å². The molecular formula is C10H22N2. The van der Waals surface area contributed by atoms with Gasteiger partial charge in [-0.15, -0.1) is 0 Å². The van der Waals surface area contributed by atoms with Crippen LogP contribution >= 0.6 is 0 Å². The third-order valence-electron chi connectivity index (χ3n) is 3.03. The van der Waals surface area contributed by atoms with Gasteiger partial charge in [-0.25, -0.2) is 0 Å². The number of nitrogens with one attached hydrogen (secondary N) is 1. The second-order valence-corrected chi connectivity index (χ2v) is 4.44. The van der Waals surface area contributed by atoms with Gasteiger partial charge in [0.1, 0.15) is 0 Å². The van der Waals surface area contributed by atoms with Crippen LogP contribution in [0.3, 0.4) is 0 Å². The van der Waals surface area contributed by atoms with Crippen LogP contribution in [0.25, 0.3) is 0 Å². The van der Waals surface area contributed by atoms with Crippen molar-refractivity contribution in [3.05, 3.63) is 0 Å². The first kappa shape index (κ1) is 10.0.